The quantitative estimate of drug-likeness (QED) is 0.602. The molecule has 1 fully saturated rings. The van der Waals surface area contributed by atoms with Gasteiger partial charge in [-0.25, -0.2) is 4.39 Å². The van der Waals surface area contributed by atoms with Gasteiger partial charge in [-0.2, -0.15) is 0 Å². The average molecular weight is 428 g/mol. The Bertz CT molecular complexity index is 1020. The van der Waals surface area contributed by atoms with Crippen molar-refractivity contribution >= 4 is 28.4 Å². The zero-order valence-corrected chi connectivity index (χ0v) is 18.0. The number of rotatable bonds is 6. The molecule has 0 radical (unpaired) electrons. The number of aromatic nitrogens is 1. The highest BCUT2D eigenvalue weighted by Gasteiger charge is 2.23. The van der Waals surface area contributed by atoms with Crippen LogP contribution in [0.3, 0.4) is 0 Å². The number of benzene rings is 2. The number of nitrogens with zero attached hydrogens (tertiary/aromatic N) is 2. The van der Waals surface area contributed by atoms with Gasteiger partial charge in [-0.15, -0.1) is 0 Å². The molecule has 1 saturated heterocycles. The molecule has 1 unspecified atom stereocenters. The highest BCUT2D eigenvalue weighted by atomic mass is 35.5. The lowest BCUT2D eigenvalue weighted by molar-refractivity contribution is 0.0725. The normalized spacial score (nSPS) is 17.4. The monoisotopic (exact) mass is 427 g/mol. The molecule has 1 N–H and O–H groups in total. The summed E-state index contributed by atoms with van der Waals surface area (Å²) in [6, 6.07) is 14.3. The molecule has 3 aromatic rings. The Kier molecular flexibility index (Phi) is 6.40. The number of hydrogen-bond donors (Lipinski definition) is 1. The van der Waals surface area contributed by atoms with E-state index >= 15 is 0 Å². The lowest BCUT2D eigenvalue weighted by Crippen LogP contribution is -2.42. The van der Waals surface area contributed by atoms with Crippen LogP contribution >= 0.6 is 11.6 Å². The van der Waals surface area contributed by atoms with Gasteiger partial charge in [0.15, 0.2) is 0 Å². The fourth-order valence-corrected chi connectivity index (χ4v) is 4.46. The van der Waals surface area contributed by atoms with E-state index in [1.807, 2.05) is 19.2 Å². The Morgan fingerprint density at radius 2 is 2.03 bits per heavy atom. The van der Waals surface area contributed by atoms with E-state index in [0.717, 1.165) is 61.4 Å². The third-order valence-electron chi connectivity index (χ3n) is 5.93. The minimum Gasteiger partial charge on any atom is -0.351 e. The van der Waals surface area contributed by atoms with E-state index in [-0.39, 0.29) is 11.7 Å². The second kappa shape index (κ2) is 9.19. The Morgan fingerprint density at radius 1 is 1.23 bits per heavy atom. The first-order valence-corrected chi connectivity index (χ1v) is 10.9. The minimum absolute atomic E-state index is 0.0510. The molecule has 4 rings (SSSR count). The summed E-state index contributed by atoms with van der Waals surface area (Å²) >= 11 is 5.97. The summed E-state index contributed by atoms with van der Waals surface area (Å²) in [5.74, 6) is 0.111. The molecule has 158 valence electrons. The van der Waals surface area contributed by atoms with Crippen LogP contribution in [-0.2, 0) is 6.42 Å². The topological polar surface area (TPSA) is 39.3 Å². The maximum atomic E-state index is 13.4. The Balaban J connectivity index is 1.32. The number of aromatic amines is 1. The van der Waals surface area contributed by atoms with Crippen LogP contribution < -0.4 is 0 Å². The first-order valence-electron chi connectivity index (χ1n) is 10.5. The molecular formula is C24H27ClFN3O. The van der Waals surface area contributed by atoms with E-state index in [9.17, 15) is 9.18 Å². The van der Waals surface area contributed by atoms with Gasteiger partial charge in [0.05, 0.1) is 0 Å². The molecule has 1 amide bonds. The minimum atomic E-state index is -0.297. The Labute approximate surface area is 181 Å². The van der Waals surface area contributed by atoms with Crippen LogP contribution in [0.2, 0.25) is 5.02 Å². The van der Waals surface area contributed by atoms with Gasteiger partial charge in [0.25, 0.3) is 5.91 Å². The molecule has 0 spiro atoms. The van der Waals surface area contributed by atoms with Crippen molar-refractivity contribution in [1.82, 2.24) is 14.8 Å². The number of halogens is 2. The van der Waals surface area contributed by atoms with Crippen LogP contribution in [0.15, 0.2) is 48.5 Å². The van der Waals surface area contributed by atoms with Crippen molar-refractivity contribution in [1.29, 1.82) is 0 Å². The number of carbonyl (C=O) groups excluding carboxylic acids is 1. The number of likely N-dealkylation sites (tertiary alicyclic amines) is 1. The molecule has 0 bridgehead atoms. The number of nitrogens with one attached hydrogen (secondary N) is 1. The predicted octanol–water partition coefficient (Wildman–Crippen LogP) is 4.99. The van der Waals surface area contributed by atoms with Crippen molar-refractivity contribution in [2.24, 2.45) is 5.92 Å². The molecule has 2 heterocycles. The van der Waals surface area contributed by atoms with Gasteiger partial charge in [-0.05, 0) is 73.7 Å². The lowest BCUT2D eigenvalue weighted by Gasteiger charge is -2.34. The van der Waals surface area contributed by atoms with Crippen molar-refractivity contribution in [2.75, 3.05) is 33.2 Å². The number of hydrogen-bond acceptors (Lipinski definition) is 2. The van der Waals surface area contributed by atoms with E-state index in [1.54, 1.807) is 17.0 Å². The highest BCUT2D eigenvalue weighted by Crippen LogP contribution is 2.21. The maximum Gasteiger partial charge on any atom is 0.270 e. The van der Waals surface area contributed by atoms with E-state index in [0.29, 0.717) is 11.6 Å². The van der Waals surface area contributed by atoms with Crippen molar-refractivity contribution in [3.63, 3.8) is 0 Å². The predicted molar refractivity (Wildman–Crippen MR) is 120 cm³/mol. The molecule has 2 aromatic carbocycles. The van der Waals surface area contributed by atoms with Crippen LogP contribution in [0, 0.1) is 11.7 Å². The smallest absolute Gasteiger partial charge is 0.270 e. The van der Waals surface area contributed by atoms with Crippen molar-refractivity contribution in [3.05, 3.63) is 70.6 Å². The van der Waals surface area contributed by atoms with Crippen LogP contribution in [0.25, 0.3) is 10.9 Å². The number of amides is 1. The first-order chi connectivity index (χ1) is 14.5. The van der Waals surface area contributed by atoms with E-state index in [1.165, 1.54) is 17.7 Å². The maximum absolute atomic E-state index is 13.4. The van der Waals surface area contributed by atoms with Gasteiger partial charge in [0.1, 0.15) is 11.5 Å². The Morgan fingerprint density at radius 3 is 2.83 bits per heavy atom. The number of carbonyl (C=O) groups is 1. The molecule has 1 aromatic heterocycles. The van der Waals surface area contributed by atoms with Gasteiger partial charge < -0.3 is 14.8 Å². The molecule has 1 aliphatic heterocycles. The van der Waals surface area contributed by atoms with Gasteiger partial charge in [-0.3, -0.25) is 4.79 Å². The summed E-state index contributed by atoms with van der Waals surface area (Å²) in [6.07, 6.45) is 3.29. The summed E-state index contributed by atoms with van der Waals surface area (Å²) in [5.41, 5.74) is 2.58. The SMILES string of the molecule is CN(CC1CCCN(CCc2ccc(Cl)cc2)C1)C(=O)c1cc2cc(F)ccc2[nH]1. The number of piperidine rings is 1. The fraction of sp³-hybridized carbons (Fsp3) is 0.375. The summed E-state index contributed by atoms with van der Waals surface area (Å²) < 4.78 is 13.4. The summed E-state index contributed by atoms with van der Waals surface area (Å²) in [4.78, 5) is 20.3. The molecule has 30 heavy (non-hydrogen) atoms. The van der Waals surface area contributed by atoms with Crippen molar-refractivity contribution in [3.8, 4) is 0 Å². The summed E-state index contributed by atoms with van der Waals surface area (Å²) in [5, 5.41) is 1.49. The lowest BCUT2D eigenvalue weighted by atomic mass is 9.97. The van der Waals surface area contributed by atoms with Gasteiger partial charge in [0, 0.05) is 42.6 Å². The summed E-state index contributed by atoms with van der Waals surface area (Å²) in [6.45, 7) is 3.85. The molecule has 6 heteroatoms. The molecule has 0 saturated carbocycles. The molecule has 0 aliphatic carbocycles. The van der Waals surface area contributed by atoms with Crippen LogP contribution in [0.5, 0.6) is 0 Å². The highest BCUT2D eigenvalue weighted by molar-refractivity contribution is 6.30. The van der Waals surface area contributed by atoms with Crippen molar-refractivity contribution in [2.45, 2.75) is 19.3 Å². The number of H-pyrrole nitrogens is 1. The van der Waals surface area contributed by atoms with Gasteiger partial charge in [0.2, 0.25) is 0 Å². The third kappa shape index (κ3) is 5.02. The first kappa shape index (κ1) is 20.9. The van der Waals surface area contributed by atoms with E-state index < -0.39 is 0 Å². The van der Waals surface area contributed by atoms with Crippen molar-refractivity contribution < 1.29 is 9.18 Å². The average Bonchev–Trinajstić information content (AvgIpc) is 3.16. The molecule has 1 atom stereocenters. The zero-order valence-electron chi connectivity index (χ0n) is 17.2. The standard InChI is InChI=1S/C24H27ClFN3O/c1-28(24(30)23-14-19-13-21(26)8-9-22(19)27-23)15-18-3-2-11-29(16-18)12-10-17-4-6-20(25)7-5-17/h4-9,13-14,18,27H,2-3,10-12,15-16H2,1H3. The van der Waals surface area contributed by atoms with Gasteiger partial charge in [-0.1, -0.05) is 23.7 Å². The van der Waals surface area contributed by atoms with E-state index in [2.05, 4.69) is 22.0 Å². The largest absolute Gasteiger partial charge is 0.351 e. The number of fused-ring (bicyclic) bond motifs is 1. The zero-order chi connectivity index (χ0) is 21.1. The Hall–Kier alpha value is -2.37. The molecule has 1 aliphatic rings. The fourth-order valence-electron chi connectivity index (χ4n) is 4.34. The second-order valence-corrected chi connectivity index (χ2v) is 8.72. The van der Waals surface area contributed by atoms with Crippen LogP contribution in [-0.4, -0.2) is 53.9 Å². The molecular weight excluding hydrogens is 401 g/mol. The van der Waals surface area contributed by atoms with Gasteiger partial charge >= 0.3 is 0 Å². The van der Waals surface area contributed by atoms with Crippen LogP contribution in [0.1, 0.15) is 28.9 Å². The summed E-state index contributed by atoms with van der Waals surface area (Å²) in [7, 11) is 1.85. The second-order valence-electron chi connectivity index (χ2n) is 8.29. The third-order valence-corrected chi connectivity index (χ3v) is 6.18. The molecule has 4 nitrogen and oxygen atoms in total. The van der Waals surface area contributed by atoms with Crippen LogP contribution in [0.4, 0.5) is 4.39 Å². The van der Waals surface area contributed by atoms with E-state index in [4.69, 9.17) is 11.6 Å².